The minimum atomic E-state index is -1.05. The number of hydrogen-bond donors (Lipinski definition) is 2. The number of rotatable bonds is 2. The Bertz CT molecular complexity index is 1140. The summed E-state index contributed by atoms with van der Waals surface area (Å²) in [7, 11) is 1.76. The molecule has 0 bridgehead atoms. The fourth-order valence-electron chi connectivity index (χ4n) is 5.64. The summed E-state index contributed by atoms with van der Waals surface area (Å²) in [6.07, 6.45) is 5.50. The van der Waals surface area contributed by atoms with Crippen LogP contribution in [0.2, 0.25) is 0 Å². The first-order chi connectivity index (χ1) is 16.1. The fourth-order valence-corrected chi connectivity index (χ4v) is 5.64. The van der Waals surface area contributed by atoms with Crippen LogP contribution in [-0.4, -0.2) is 44.8 Å². The zero-order chi connectivity index (χ0) is 22.6. The van der Waals surface area contributed by atoms with Gasteiger partial charge in [-0.25, -0.2) is 4.79 Å². The van der Waals surface area contributed by atoms with Crippen LogP contribution in [0.25, 0.3) is 0 Å². The average Bonchev–Trinajstić information content (AvgIpc) is 3.30. The lowest BCUT2D eigenvalue weighted by Gasteiger charge is -2.26. The summed E-state index contributed by atoms with van der Waals surface area (Å²) in [5, 5.41) is 6.14. The number of likely N-dealkylation sites (N-methyl/N-ethyl adjacent to an activating group) is 1. The Kier molecular flexibility index (Phi) is 4.64. The van der Waals surface area contributed by atoms with E-state index in [1.54, 1.807) is 18.0 Å². The maximum Gasteiger partial charge on any atom is 0.319 e. The molecule has 8 nitrogen and oxygen atoms in total. The molecule has 1 spiro atoms. The summed E-state index contributed by atoms with van der Waals surface area (Å²) in [5.41, 5.74) is 1.83. The number of urea groups is 1. The number of carbonyl (C=O) groups excluding carboxylic acids is 2. The van der Waals surface area contributed by atoms with E-state index in [9.17, 15) is 9.59 Å². The number of benzene rings is 2. The zero-order valence-corrected chi connectivity index (χ0v) is 18.6. The Morgan fingerprint density at radius 3 is 2.58 bits per heavy atom. The quantitative estimate of drug-likeness (QED) is 0.732. The van der Waals surface area contributed by atoms with E-state index >= 15 is 0 Å². The highest BCUT2D eigenvalue weighted by molar-refractivity contribution is 6.13. The molecule has 1 saturated carbocycles. The highest BCUT2D eigenvalue weighted by Crippen LogP contribution is 2.56. The number of hydrogen-bond acceptors (Lipinski definition) is 5. The summed E-state index contributed by atoms with van der Waals surface area (Å²) in [5.74, 6) is 1.74. The van der Waals surface area contributed by atoms with Crippen LogP contribution in [-0.2, 0) is 10.2 Å². The molecule has 1 atom stereocenters. The third-order valence-corrected chi connectivity index (χ3v) is 7.24. The van der Waals surface area contributed by atoms with Gasteiger partial charge >= 0.3 is 6.03 Å². The third kappa shape index (κ3) is 3.03. The molecule has 1 unspecified atom stereocenters. The van der Waals surface area contributed by atoms with Crippen LogP contribution >= 0.6 is 0 Å². The number of amides is 3. The molecule has 33 heavy (non-hydrogen) atoms. The van der Waals surface area contributed by atoms with Crippen molar-refractivity contribution in [3.05, 3.63) is 41.5 Å². The van der Waals surface area contributed by atoms with Gasteiger partial charge in [-0.05, 0) is 31.0 Å². The van der Waals surface area contributed by atoms with Gasteiger partial charge in [0, 0.05) is 36.0 Å². The standard InChI is InChI=1S/C25H27N3O5/c1-28-18-9-5-8-17(27-24(30)26-15-6-3-2-4-7-15)22(18)25(23(28)29)14-33-19-13-21-20(12-16(19)25)31-10-11-32-21/h5,8-9,12-13,15H,2-4,6-7,10-11,14H2,1H3,(H2,26,27,30). The van der Waals surface area contributed by atoms with Gasteiger partial charge in [0.1, 0.15) is 31.0 Å². The van der Waals surface area contributed by atoms with Gasteiger partial charge in [0.15, 0.2) is 11.5 Å². The summed E-state index contributed by atoms with van der Waals surface area (Å²) >= 11 is 0. The van der Waals surface area contributed by atoms with Crippen LogP contribution in [0, 0.1) is 0 Å². The van der Waals surface area contributed by atoms with Gasteiger partial charge in [0.25, 0.3) is 0 Å². The second-order valence-corrected chi connectivity index (χ2v) is 9.18. The second kappa shape index (κ2) is 7.57. The number of nitrogens with zero attached hydrogens (tertiary/aromatic N) is 1. The molecule has 8 heteroatoms. The first kappa shape index (κ1) is 20.2. The molecule has 6 rings (SSSR count). The molecule has 0 aromatic heterocycles. The lowest BCUT2D eigenvalue weighted by Crippen LogP contribution is -2.42. The number of fused-ring (bicyclic) bond motifs is 5. The lowest BCUT2D eigenvalue weighted by atomic mass is 9.76. The molecule has 3 heterocycles. The molecule has 3 amide bonds. The van der Waals surface area contributed by atoms with Gasteiger partial charge < -0.3 is 29.7 Å². The second-order valence-electron chi connectivity index (χ2n) is 9.18. The number of carbonyl (C=O) groups is 2. The van der Waals surface area contributed by atoms with Crippen LogP contribution in [0.15, 0.2) is 30.3 Å². The number of nitrogens with one attached hydrogen (secondary N) is 2. The van der Waals surface area contributed by atoms with Gasteiger partial charge in [-0.15, -0.1) is 0 Å². The van der Waals surface area contributed by atoms with Crippen molar-refractivity contribution in [2.24, 2.45) is 0 Å². The fraction of sp³-hybridized carbons (Fsp3) is 0.440. The molecule has 0 saturated heterocycles. The Labute approximate surface area is 192 Å². The van der Waals surface area contributed by atoms with Crippen molar-refractivity contribution in [3.63, 3.8) is 0 Å². The Morgan fingerprint density at radius 1 is 1.03 bits per heavy atom. The predicted octanol–water partition coefficient (Wildman–Crippen LogP) is 3.57. The van der Waals surface area contributed by atoms with Crippen molar-refractivity contribution < 1.29 is 23.8 Å². The van der Waals surface area contributed by atoms with Crippen LogP contribution in [0.4, 0.5) is 16.2 Å². The van der Waals surface area contributed by atoms with E-state index in [1.807, 2.05) is 24.3 Å². The molecular weight excluding hydrogens is 422 g/mol. The van der Waals surface area contributed by atoms with E-state index in [1.165, 1.54) is 6.42 Å². The van der Waals surface area contributed by atoms with Gasteiger partial charge in [-0.3, -0.25) is 4.79 Å². The molecule has 2 aromatic rings. The van der Waals surface area contributed by atoms with Crippen LogP contribution in [0.3, 0.4) is 0 Å². The minimum Gasteiger partial charge on any atom is -0.491 e. The van der Waals surface area contributed by atoms with Crippen molar-refractivity contribution in [1.82, 2.24) is 5.32 Å². The number of anilines is 2. The van der Waals surface area contributed by atoms with Crippen LogP contribution in [0.5, 0.6) is 17.2 Å². The van der Waals surface area contributed by atoms with Crippen molar-refractivity contribution in [1.29, 1.82) is 0 Å². The molecule has 172 valence electrons. The summed E-state index contributed by atoms with van der Waals surface area (Å²) < 4.78 is 17.5. The molecular formula is C25H27N3O5. The lowest BCUT2D eigenvalue weighted by molar-refractivity contribution is -0.121. The molecule has 0 radical (unpaired) electrons. The van der Waals surface area contributed by atoms with Gasteiger partial charge in [-0.2, -0.15) is 0 Å². The first-order valence-electron chi connectivity index (χ1n) is 11.6. The molecule has 2 N–H and O–H groups in total. The highest BCUT2D eigenvalue weighted by atomic mass is 16.6. The van der Waals surface area contributed by atoms with Gasteiger partial charge in [0.05, 0.1) is 5.69 Å². The topological polar surface area (TPSA) is 89.1 Å². The smallest absolute Gasteiger partial charge is 0.319 e. The molecule has 3 aliphatic heterocycles. The number of ether oxygens (including phenoxy) is 3. The van der Waals surface area contributed by atoms with Crippen molar-refractivity contribution in [2.45, 2.75) is 43.6 Å². The average molecular weight is 450 g/mol. The normalized spacial score (nSPS) is 23.2. The molecule has 4 aliphatic rings. The largest absolute Gasteiger partial charge is 0.491 e. The molecule has 1 fully saturated rings. The molecule has 1 aliphatic carbocycles. The molecule has 2 aromatic carbocycles. The van der Waals surface area contributed by atoms with E-state index in [4.69, 9.17) is 14.2 Å². The Balaban J connectivity index is 1.40. The van der Waals surface area contributed by atoms with Crippen LogP contribution < -0.4 is 29.7 Å². The highest BCUT2D eigenvalue weighted by Gasteiger charge is 2.57. The Hall–Kier alpha value is -3.42. The monoisotopic (exact) mass is 449 g/mol. The SMILES string of the molecule is CN1C(=O)C2(COc3cc4c(cc32)OCCO4)c2c(NC(=O)NC3CCCCC3)cccc21. The summed E-state index contributed by atoms with van der Waals surface area (Å²) in [6.45, 7) is 1.09. The van der Waals surface area contributed by atoms with E-state index in [0.717, 1.165) is 42.5 Å². The Morgan fingerprint density at radius 2 is 1.79 bits per heavy atom. The van der Waals surface area contributed by atoms with E-state index < -0.39 is 5.41 Å². The van der Waals surface area contributed by atoms with Crippen molar-refractivity contribution in [3.8, 4) is 17.2 Å². The van der Waals surface area contributed by atoms with Crippen molar-refractivity contribution >= 4 is 23.3 Å². The van der Waals surface area contributed by atoms with E-state index in [2.05, 4.69) is 10.6 Å². The maximum absolute atomic E-state index is 13.7. The maximum atomic E-state index is 13.7. The minimum absolute atomic E-state index is 0.0881. The predicted molar refractivity (Wildman–Crippen MR) is 123 cm³/mol. The first-order valence-corrected chi connectivity index (χ1v) is 11.6. The van der Waals surface area contributed by atoms with Gasteiger partial charge in [-0.1, -0.05) is 25.3 Å². The van der Waals surface area contributed by atoms with Crippen molar-refractivity contribution in [2.75, 3.05) is 37.1 Å². The van der Waals surface area contributed by atoms with E-state index in [0.29, 0.717) is 36.1 Å². The third-order valence-electron chi connectivity index (χ3n) is 7.24. The van der Waals surface area contributed by atoms with E-state index in [-0.39, 0.29) is 24.6 Å². The van der Waals surface area contributed by atoms with Gasteiger partial charge in [0.2, 0.25) is 5.91 Å². The zero-order valence-electron chi connectivity index (χ0n) is 18.6. The van der Waals surface area contributed by atoms with Crippen LogP contribution in [0.1, 0.15) is 43.2 Å². The summed E-state index contributed by atoms with van der Waals surface area (Å²) in [6, 6.07) is 9.22. The summed E-state index contributed by atoms with van der Waals surface area (Å²) in [4.78, 5) is 28.3.